The van der Waals surface area contributed by atoms with Crippen LogP contribution < -0.4 is 5.73 Å². The van der Waals surface area contributed by atoms with Gasteiger partial charge >= 0.3 is 0 Å². The molecule has 0 radical (unpaired) electrons. The first kappa shape index (κ1) is 25.1. The predicted molar refractivity (Wildman–Crippen MR) is 151 cm³/mol. The number of halogens is 1. The third kappa shape index (κ3) is 4.84. The number of rotatable bonds is 4. The van der Waals surface area contributed by atoms with Crippen molar-refractivity contribution < 1.29 is 9.18 Å². The monoisotopic (exact) mass is 531 g/mol. The highest BCUT2D eigenvalue weighted by molar-refractivity contribution is 5.92. The lowest BCUT2D eigenvalue weighted by Crippen LogP contribution is -2.10. The number of hydrogen-bond donors (Lipinski definition) is 1. The Kier molecular flexibility index (Phi) is 6.61. The van der Waals surface area contributed by atoms with E-state index in [4.69, 9.17) is 15.7 Å². The van der Waals surface area contributed by atoms with Crippen LogP contribution in [-0.2, 0) is 12.8 Å². The first-order valence-corrected chi connectivity index (χ1v) is 13.0. The average Bonchev–Trinajstić information content (AvgIpc) is 3.73. The Morgan fingerprint density at radius 2 is 1.80 bits per heavy atom. The van der Waals surface area contributed by atoms with Crippen LogP contribution in [0.25, 0.3) is 34.1 Å². The van der Waals surface area contributed by atoms with E-state index in [0.29, 0.717) is 33.9 Å². The Balaban J connectivity index is 0.000000246. The summed E-state index contributed by atoms with van der Waals surface area (Å²) in [5.41, 5.74) is 11.8. The second-order valence-electron chi connectivity index (χ2n) is 9.57. The van der Waals surface area contributed by atoms with Gasteiger partial charge < -0.3 is 5.73 Å². The highest BCUT2D eigenvalue weighted by atomic mass is 19.1. The van der Waals surface area contributed by atoms with Gasteiger partial charge in [-0.25, -0.2) is 19.0 Å². The van der Waals surface area contributed by atoms with Crippen LogP contribution in [0.3, 0.4) is 0 Å². The molecule has 198 valence electrons. The number of fused-ring (bicyclic) bond motifs is 2. The summed E-state index contributed by atoms with van der Waals surface area (Å²) in [5, 5.41) is 4.29. The number of imidazole rings is 1. The lowest BCUT2D eigenvalue weighted by atomic mass is 10.1. The van der Waals surface area contributed by atoms with Crippen molar-refractivity contribution in [1.82, 2.24) is 29.3 Å². The number of benzene rings is 2. The molecule has 7 rings (SSSR count). The molecule has 2 aromatic carbocycles. The molecular weight excluding hydrogens is 505 g/mol. The summed E-state index contributed by atoms with van der Waals surface area (Å²) in [4.78, 5) is 24.0. The topological polar surface area (TPSA) is 105 Å². The molecule has 0 saturated heterocycles. The third-order valence-corrected chi connectivity index (χ3v) is 6.88. The van der Waals surface area contributed by atoms with Gasteiger partial charge in [0.25, 0.3) is 0 Å². The van der Waals surface area contributed by atoms with Gasteiger partial charge in [0.1, 0.15) is 17.2 Å². The van der Waals surface area contributed by atoms with Gasteiger partial charge in [-0.05, 0) is 91.9 Å². The molecule has 8 nitrogen and oxygen atoms in total. The maximum atomic E-state index is 14.7. The number of carbonyl (C=O) groups is 1. The van der Waals surface area contributed by atoms with Gasteiger partial charge in [0.15, 0.2) is 11.5 Å². The van der Waals surface area contributed by atoms with E-state index in [9.17, 15) is 9.18 Å². The maximum absolute atomic E-state index is 14.7. The van der Waals surface area contributed by atoms with Gasteiger partial charge in [0, 0.05) is 30.0 Å². The maximum Gasteiger partial charge on any atom is 0.250 e. The molecule has 1 aliphatic carbocycles. The van der Waals surface area contributed by atoms with E-state index >= 15 is 0 Å². The SMILES string of the molecule is Cc1ccc(C(N)=O)cn1.Fc1ccccc1-c1nc2ccc(-n3cccn3)nc2n1-c1ccc2c(c1)CCC2. The van der Waals surface area contributed by atoms with Crippen molar-refractivity contribution in [2.45, 2.75) is 26.2 Å². The number of carbonyl (C=O) groups excluding carboxylic acids is 1. The number of hydrogen-bond acceptors (Lipinski definition) is 5. The number of aryl methyl sites for hydroxylation is 3. The summed E-state index contributed by atoms with van der Waals surface area (Å²) in [6.45, 7) is 1.85. The van der Waals surface area contributed by atoms with Crippen LogP contribution in [0.5, 0.6) is 0 Å². The zero-order valence-corrected chi connectivity index (χ0v) is 21.8. The van der Waals surface area contributed by atoms with Crippen molar-refractivity contribution in [3.05, 3.63) is 120 Å². The second-order valence-corrected chi connectivity index (χ2v) is 9.57. The Bertz CT molecular complexity index is 1830. The highest BCUT2D eigenvalue weighted by Gasteiger charge is 2.20. The Morgan fingerprint density at radius 3 is 2.55 bits per heavy atom. The fraction of sp³-hybridized carbons (Fsp3) is 0.129. The normalized spacial score (nSPS) is 12.2. The smallest absolute Gasteiger partial charge is 0.250 e. The van der Waals surface area contributed by atoms with Crippen molar-refractivity contribution in [1.29, 1.82) is 0 Å². The summed E-state index contributed by atoms with van der Waals surface area (Å²) in [6.07, 6.45) is 8.39. The van der Waals surface area contributed by atoms with E-state index in [1.807, 2.05) is 42.0 Å². The molecular formula is C31H26FN7O. The van der Waals surface area contributed by atoms with Crippen molar-refractivity contribution in [3.63, 3.8) is 0 Å². The summed E-state index contributed by atoms with van der Waals surface area (Å²) in [5.74, 6) is 0.496. The molecule has 0 unspecified atom stereocenters. The summed E-state index contributed by atoms with van der Waals surface area (Å²) < 4.78 is 18.4. The molecule has 6 aromatic rings. The number of pyridine rings is 2. The number of nitrogens with two attached hydrogens (primary N) is 1. The van der Waals surface area contributed by atoms with E-state index in [-0.39, 0.29) is 5.82 Å². The van der Waals surface area contributed by atoms with Gasteiger partial charge in [-0.15, -0.1) is 0 Å². The number of nitrogens with zero attached hydrogens (tertiary/aromatic N) is 6. The van der Waals surface area contributed by atoms with Crippen LogP contribution >= 0.6 is 0 Å². The first-order chi connectivity index (χ1) is 19.5. The molecule has 4 heterocycles. The van der Waals surface area contributed by atoms with Crippen LogP contribution in [0.4, 0.5) is 4.39 Å². The Hall–Kier alpha value is -5.18. The van der Waals surface area contributed by atoms with Crippen molar-refractivity contribution in [3.8, 4) is 22.9 Å². The van der Waals surface area contributed by atoms with Crippen LogP contribution in [0.2, 0.25) is 0 Å². The number of aromatic nitrogens is 6. The summed E-state index contributed by atoms with van der Waals surface area (Å²) in [6, 6.07) is 22.2. The van der Waals surface area contributed by atoms with Crippen molar-refractivity contribution in [2.24, 2.45) is 5.73 Å². The van der Waals surface area contributed by atoms with Crippen LogP contribution in [0.1, 0.15) is 33.6 Å². The zero-order chi connectivity index (χ0) is 27.6. The minimum absolute atomic E-state index is 0.303. The van der Waals surface area contributed by atoms with E-state index in [1.165, 1.54) is 29.8 Å². The van der Waals surface area contributed by atoms with Crippen LogP contribution in [0, 0.1) is 12.7 Å². The molecule has 0 atom stereocenters. The summed E-state index contributed by atoms with van der Waals surface area (Å²) >= 11 is 0. The molecule has 1 amide bonds. The molecule has 0 fully saturated rings. The number of amides is 1. The van der Waals surface area contributed by atoms with Crippen LogP contribution in [0.15, 0.2) is 91.4 Å². The quantitative estimate of drug-likeness (QED) is 0.328. The van der Waals surface area contributed by atoms with E-state index < -0.39 is 5.91 Å². The zero-order valence-electron chi connectivity index (χ0n) is 21.8. The van der Waals surface area contributed by atoms with Crippen molar-refractivity contribution >= 4 is 17.1 Å². The molecule has 0 saturated carbocycles. The lowest BCUT2D eigenvalue weighted by Gasteiger charge is -2.12. The molecule has 9 heteroatoms. The van der Waals surface area contributed by atoms with E-state index in [0.717, 1.165) is 24.2 Å². The van der Waals surface area contributed by atoms with Crippen molar-refractivity contribution in [2.75, 3.05) is 0 Å². The molecule has 4 aromatic heterocycles. The van der Waals surface area contributed by atoms with Crippen LogP contribution in [-0.4, -0.2) is 35.2 Å². The minimum Gasteiger partial charge on any atom is -0.366 e. The minimum atomic E-state index is -0.438. The predicted octanol–water partition coefficient (Wildman–Crippen LogP) is 5.39. The lowest BCUT2D eigenvalue weighted by molar-refractivity contribution is 0.1000. The molecule has 0 aliphatic heterocycles. The van der Waals surface area contributed by atoms with Gasteiger partial charge in [-0.2, -0.15) is 5.10 Å². The fourth-order valence-corrected chi connectivity index (χ4v) is 4.86. The van der Waals surface area contributed by atoms with E-state index in [1.54, 1.807) is 35.1 Å². The van der Waals surface area contributed by atoms with Gasteiger partial charge in [0.05, 0.1) is 11.1 Å². The number of primary amides is 1. The second kappa shape index (κ2) is 10.5. The van der Waals surface area contributed by atoms with Gasteiger partial charge in [-0.1, -0.05) is 18.2 Å². The highest BCUT2D eigenvalue weighted by Crippen LogP contribution is 2.32. The first-order valence-electron chi connectivity index (χ1n) is 13.0. The van der Waals surface area contributed by atoms with Gasteiger partial charge in [0.2, 0.25) is 5.91 Å². The fourth-order valence-electron chi connectivity index (χ4n) is 4.86. The molecule has 1 aliphatic rings. The molecule has 40 heavy (non-hydrogen) atoms. The standard InChI is InChI=1S/C24H18FN5.C7H8N2O/c25-20-8-2-1-7-19(20)23-27-21-11-12-22(29-14-4-13-26-29)28-24(21)30(23)18-10-9-16-5-3-6-17(16)15-18;1-5-2-3-6(4-9-5)7(8)10/h1-2,4,7-15H,3,5-6H2;2-4H,1H3,(H2,8,10). The molecule has 0 bridgehead atoms. The Morgan fingerprint density at radius 1 is 0.950 bits per heavy atom. The largest absolute Gasteiger partial charge is 0.366 e. The molecule has 2 N–H and O–H groups in total. The summed E-state index contributed by atoms with van der Waals surface area (Å²) in [7, 11) is 0. The average molecular weight is 532 g/mol. The van der Waals surface area contributed by atoms with Gasteiger partial charge in [-0.3, -0.25) is 14.3 Å². The third-order valence-electron chi connectivity index (χ3n) is 6.88. The van der Waals surface area contributed by atoms with E-state index in [2.05, 4.69) is 28.3 Å². The molecule has 0 spiro atoms. The Labute approximate surface area is 230 Å².